The Morgan fingerprint density at radius 3 is 2.53 bits per heavy atom. The molecule has 0 amide bonds. The third-order valence-electron chi connectivity index (χ3n) is 6.56. The number of allylic oxidation sites excluding steroid dienone is 1. The first kappa shape index (κ1) is 22.2. The normalized spacial score (nSPS) is 14.9. The van der Waals surface area contributed by atoms with Crippen LogP contribution >= 0.6 is 11.6 Å². The average Bonchev–Trinajstić information content (AvgIpc) is 3.25. The number of aliphatic carboxylic acids is 1. The molecule has 2 heterocycles. The SMILES string of the molecule is Cc1cc(Cl)ccc1/C(=C(\c1ccc(/C=C/C(=O)O)cc1)c1ccc2nccn2c1)C1CCC1. The van der Waals surface area contributed by atoms with Crippen LogP contribution in [0.2, 0.25) is 5.02 Å². The molecule has 0 saturated heterocycles. The molecule has 4 aromatic rings. The molecule has 1 fully saturated rings. The maximum absolute atomic E-state index is 10.9. The fourth-order valence-corrected chi connectivity index (χ4v) is 4.89. The van der Waals surface area contributed by atoms with Crippen molar-refractivity contribution in [1.82, 2.24) is 9.38 Å². The summed E-state index contributed by atoms with van der Waals surface area (Å²) >= 11 is 6.31. The molecule has 1 N–H and O–H groups in total. The Balaban J connectivity index is 1.75. The lowest BCUT2D eigenvalue weighted by Gasteiger charge is -2.32. The van der Waals surface area contributed by atoms with Crippen molar-refractivity contribution in [1.29, 1.82) is 0 Å². The van der Waals surface area contributed by atoms with Crippen LogP contribution in [0.15, 0.2) is 79.3 Å². The maximum Gasteiger partial charge on any atom is 0.328 e. The van der Waals surface area contributed by atoms with Crippen molar-refractivity contribution < 1.29 is 9.90 Å². The lowest BCUT2D eigenvalue weighted by molar-refractivity contribution is -0.131. The molecule has 0 radical (unpaired) electrons. The molecule has 0 atom stereocenters. The summed E-state index contributed by atoms with van der Waals surface area (Å²) in [7, 11) is 0. The minimum absolute atomic E-state index is 0.472. The standard InChI is InChI=1S/C29H25ClN2O2/c1-19-17-24(30)11-12-25(19)29(21-3-2-4-21)28(23-10-13-26-31-15-16-32(26)18-23)22-8-5-20(6-9-22)7-14-27(33)34/h5-18,21H,2-4H2,1H3,(H,33,34)/b14-7+,29-28+. The highest BCUT2D eigenvalue weighted by Crippen LogP contribution is 2.46. The van der Waals surface area contributed by atoms with E-state index in [1.807, 2.05) is 47.1 Å². The number of aryl methyl sites for hydroxylation is 1. The molecule has 1 saturated carbocycles. The Morgan fingerprint density at radius 2 is 1.85 bits per heavy atom. The fourth-order valence-electron chi connectivity index (χ4n) is 4.66. The summed E-state index contributed by atoms with van der Waals surface area (Å²) in [4.78, 5) is 15.3. The van der Waals surface area contributed by atoms with Gasteiger partial charge in [-0.25, -0.2) is 9.78 Å². The van der Waals surface area contributed by atoms with Crippen LogP contribution in [0.1, 0.15) is 47.1 Å². The monoisotopic (exact) mass is 468 g/mol. The second-order valence-electron chi connectivity index (χ2n) is 8.78. The van der Waals surface area contributed by atoms with Crippen molar-refractivity contribution in [3.63, 3.8) is 0 Å². The van der Waals surface area contributed by atoms with Crippen LogP contribution in [0.3, 0.4) is 0 Å². The zero-order valence-electron chi connectivity index (χ0n) is 18.9. The van der Waals surface area contributed by atoms with Gasteiger partial charge in [-0.2, -0.15) is 0 Å². The fraction of sp³-hybridized carbons (Fsp3) is 0.172. The molecule has 4 nitrogen and oxygen atoms in total. The number of pyridine rings is 1. The number of nitrogens with zero attached hydrogens (tertiary/aromatic N) is 2. The molecule has 5 heteroatoms. The maximum atomic E-state index is 10.9. The molecule has 5 rings (SSSR count). The average molecular weight is 469 g/mol. The van der Waals surface area contributed by atoms with E-state index in [0.717, 1.165) is 51.8 Å². The topological polar surface area (TPSA) is 54.6 Å². The van der Waals surface area contributed by atoms with Crippen LogP contribution in [0.4, 0.5) is 0 Å². The lowest BCUT2D eigenvalue weighted by atomic mass is 9.72. The first-order valence-corrected chi connectivity index (χ1v) is 11.8. The molecule has 0 aliphatic heterocycles. The number of aromatic nitrogens is 2. The van der Waals surface area contributed by atoms with Crippen molar-refractivity contribution >= 4 is 40.4 Å². The van der Waals surface area contributed by atoms with Crippen LogP contribution in [-0.2, 0) is 4.79 Å². The van der Waals surface area contributed by atoms with Gasteiger partial charge in [0.25, 0.3) is 0 Å². The van der Waals surface area contributed by atoms with Gasteiger partial charge >= 0.3 is 5.97 Å². The van der Waals surface area contributed by atoms with Crippen LogP contribution < -0.4 is 0 Å². The number of rotatable bonds is 6. The summed E-state index contributed by atoms with van der Waals surface area (Å²) < 4.78 is 2.05. The minimum Gasteiger partial charge on any atom is -0.478 e. The zero-order chi connectivity index (χ0) is 23.7. The molecule has 2 aromatic carbocycles. The van der Waals surface area contributed by atoms with Gasteiger partial charge in [0.05, 0.1) is 0 Å². The Morgan fingerprint density at radius 1 is 1.09 bits per heavy atom. The van der Waals surface area contributed by atoms with Crippen molar-refractivity contribution in [3.8, 4) is 0 Å². The number of carbonyl (C=O) groups is 1. The Labute approximate surface area is 203 Å². The van der Waals surface area contributed by atoms with E-state index in [-0.39, 0.29) is 0 Å². The molecular formula is C29H25ClN2O2. The predicted octanol–water partition coefficient (Wildman–Crippen LogP) is 7.15. The van der Waals surface area contributed by atoms with Gasteiger partial charge in [-0.05, 0) is 95.0 Å². The Hall–Kier alpha value is -3.63. The number of halogens is 1. The summed E-state index contributed by atoms with van der Waals surface area (Å²) in [5.74, 6) is -0.483. The van der Waals surface area contributed by atoms with Crippen molar-refractivity contribution in [3.05, 3.63) is 112 Å². The molecule has 170 valence electrons. The minimum atomic E-state index is -0.955. The van der Waals surface area contributed by atoms with Gasteiger partial charge in [-0.1, -0.05) is 48.4 Å². The summed E-state index contributed by atoms with van der Waals surface area (Å²) in [5, 5.41) is 9.70. The zero-order valence-corrected chi connectivity index (χ0v) is 19.7. The molecule has 0 bridgehead atoms. The molecule has 0 spiro atoms. The first-order chi connectivity index (χ1) is 16.5. The van der Waals surface area contributed by atoms with Crippen LogP contribution in [-0.4, -0.2) is 20.5 Å². The van der Waals surface area contributed by atoms with E-state index in [4.69, 9.17) is 16.7 Å². The number of benzene rings is 2. The number of carboxylic acids is 1. The second-order valence-corrected chi connectivity index (χ2v) is 9.22. The number of carboxylic acid groups (broad SMARTS) is 1. The Kier molecular flexibility index (Phi) is 6.08. The second kappa shape index (κ2) is 9.32. The number of imidazole rings is 1. The lowest BCUT2D eigenvalue weighted by Crippen LogP contribution is -2.16. The molecule has 0 unspecified atom stereocenters. The summed E-state index contributed by atoms with van der Waals surface area (Å²) in [6.45, 7) is 2.12. The van der Waals surface area contributed by atoms with E-state index in [9.17, 15) is 4.79 Å². The van der Waals surface area contributed by atoms with Crippen LogP contribution in [0.25, 0.3) is 22.9 Å². The van der Waals surface area contributed by atoms with Gasteiger partial charge in [0.15, 0.2) is 0 Å². The number of fused-ring (bicyclic) bond motifs is 1. The largest absolute Gasteiger partial charge is 0.478 e. The van der Waals surface area contributed by atoms with Gasteiger partial charge in [0.1, 0.15) is 5.65 Å². The van der Waals surface area contributed by atoms with Gasteiger partial charge in [-0.3, -0.25) is 0 Å². The molecule has 1 aliphatic rings. The van der Waals surface area contributed by atoms with Crippen molar-refractivity contribution in [2.45, 2.75) is 26.2 Å². The predicted molar refractivity (Wildman–Crippen MR) is 138 cm³/mol. The summed E-state index contributed by atoms with van der Waals surface area (Å²) in [6.07, 6.45) is 12.2. The van der Waals surface area contributed by atoms with Crippen molar-refractivity contribution in [2.75, 3.05) is 0 Å². The Bertz CT molecular complexity index is 1430. The first-order valence-electron chi connectivity index (χ1n) is 11.4. The highest BCUT2D eigenvalue weighted by atomic mass is 35.5. The molecule has 34 heavy (non-hydrogen) atoms. The van der Waals surface area contributed by atoms with Crippen LogP contribution in [0.5, 0.6) is 0 Å². The quantitative estimate of drug-likeness (QED) is 0.241. The molecule has 1 aliphatic carbocycles. The van der Waals surface area contributed by atoms with E-state index >= 15 is 0 Å². The van der Waals surface area contributed by atoms with E-state index in [2.05, 4.69) is 42.4 Å². The van der Waals surface area contributed by atoms with E-state index in [0.29, 0.717) is 5.92 Å². The number of hydrogen-bond donors (Lipinski definition) is 1. The molecular weight excluding hydrogens is 444 g/mol. The third kappa shape index (κ3) is 4.42. The van der Waals surface area contributed by atoms with Crippen LogP contribution in [0, 0.1) is 12.8 Å². The van der Waals surface area contributed by atoms with E-state index in [1.165, 1.54) is 23.1 Å². The van der Waals surface area contributed by atoms with Gasteiger partial charge < -0.3 is 9.51 Å². The van der Waals surface area contributed by atoms with Gasteiger partial charge in [0.2, 0.25) is 0 Å². The van der Waals surface area contributed by atoms with Crippen molar-refractivity contribution in [2.24, 2.45) is 5.92 Å². The highest BCUT2D eigenvalue weighted by molar-refractivity contribution is 6.30. The van der Waals surface area contributed by atoms with Gasteiger partial charge in [-0.15, -0.1) is 0 Å². The van der Waals surface area contributed by atoms with E-state index < -0.39 is 5.97 Å². The summed E-state index contributed by atoms with van der Waals surface area (Å²) in [6, 6.07) is 18.4. The molecule has 2 aromatic heterocycles. The van der Waals surface area contributed by atoms with E-state index in [1.54, 1.807) is 6.08 Å². The third-order valence-corrected chi connectivity index (χ3v) is 6.79. The smallest absolute Gasteiger partial charge is 0.328 e. The highest BCUT2D eigenvalue weighted by Gasteiger charge is 2.28. The van der Waals surface area contributed by atoms with Gasteiger partial charge in [0, 0.05) is 29.7 Å². The number of hydrogen-bond acceptors (Lipinski definition) is 2. The summed E-state index contributed by atoms with van der Waals surface area (Å²) in [5.41, 5.74) is 8.90.